The lowest BCUT2D eigenvalue weighted by Crippen LogP contribution is -2.21. The molecule has 1 atom stereocenters. The van der Waals surface area contributed by atoms with Gasteiger partial charge in [-0.25, -0.2) is 0 Å². The Bertz CT molecular complexity index is 277. The molecule has 0 unspecified atom stereocenters. The Morgan fingerprint density at radius 3 is 2.00 bits per heavy atom. The standard InChI is InChI=1S/C13H21NO/c1-4-13(15)11-7-9-12(10-8-11)14(5-2)6-3/h7-10,13,15H,4-6H2,1-3H3/t13-/m0/s1. The van der Waals surface area contributed by atoms with E-state index >= 15 is 0 Å². The number of aliphatic hydroxyl groups is 1. The van der Waals surface area contributed by atoms with E-state index in [-0.39, 0.29) is 6.10 Å². The molecule has 2 nitrogen and oxygen atoms in total. The van der Waals surface area contributed by atoms with Crippen LogP contribution in [-0.2, 0) is 0 Å². The second-order valence-corrected chi connectivity index (χ2v) is 3.69. The van der Waals surface area contributed by atoms with Gasteiger partial charge in [-0.05, 0) is 38.0 Å². The Balaban J connectivity index is 2.79. The van der Waals surface area contributed by atoms with E-state index in [4.69, 9.17) is 0 Å². The third-order valence-corrected chi connectivity index (χ3v) is 2.79. The van der Waals surface area contributed by atoms with Gasteiger partial charge in [-0.15, -0.1) is 0 Å². The highest BCUT2D eigenvalue weighted by molar-refractivity contribution is 5.47. The number of hydrogen-bond acceptors (Lipinski definition) is 2. The molecule has 1 N–H and O–H groups in total. The van der Waals surface area contributed by atoms with Crippen LogP contribution in [0.5, 0.6) is 0 Å². The number of anilines is 1. The Labute approximate surface area is 92.5 Å². The minimum Gasteiger partial charge on any atom is -0.388 e. The minimum atomic E-state index is -0.323. The Hall–Kier alpha value is -1.02. The van der Waals surface area contributed by atoms with Gasteiger partial charge in [0.15, 0.2) is 0 Å². The van der Waals surface area contributed by atoms with E-state index in [2.05, 4.69) is 30.9 Å². The average Bonchev–Trinajstić information content (AvgIpc) is 2.30. The summed E-state index contributed by atoms with van der Waals surface area (Å²) in [4.78, 5) is 2.29. The summed E-state index contributed by atoms with van der Waals surface area (Å²) < 4.78 is 0. The molecule has 1 aromatic rings. The molecule has 0 aliphatic heterocycles. The molecule has 84 valence electrons. The molecule has 0 bridgehead atoms. The average molecular weight is 207 g/mol. The maximum atomic E-state index is 9.66. The van der Waals surface area contributed by atoms with Gasteiger partial charge in [0, 0.05) is 18.8 Å². The van der Waals surface area contributed by atoms with Gasteiger partial charge in [0.25, 0.3) is 0 Å². The molecule has 0 saturated heterocycles. The van der Waals surface area contributed by atoms with Gasteiger partial charge in [0.05, 0.1) is 6.10 Å². The van der Waals surface area contributed by atoms with E-state index in [1.807, 2.05) is 19.1 Å². The van der Waals surface area contributed by atoms with Crippen LogP contribution in [0.25, 0.3) is 0 Å². The third kappa shape index (κ3) is 2.96. The van der Waals surface area contributed by atoms with Crippen molar-refractivity contribution in [1.82, 2.24) is 0 Å². The highest BCUT2D eigenvalue weighted by atomic mass is 16.3. The van der Waals surface area contributed by atoms with Gasteiger partial charge >= 0.3 is 0 Å². The van der Waals surface area contributed by atoms with Crippen molar-refractivity contribution in [3.63, 3.8) is 0 Å². The molecule has 0 aliphatic carbocycles. The van der Waals surface area contributed by atoms with Crippen LogP contribution in [0.2, 0.25) is 0 Å². The van der Waals surface area contributed by atoms with Crippen molar-refractivity contribution in [2.75, 3.05) is 18.0 Å². The highest BCUT2D eigenvalue weighted by Gasteiger charge is 2.05. The van der Waals surface area contributed by atoms with Crippen LogP contribution in [0.4, 0.5) is 5.69 Å². The van der Waals surface area contributed by atoms with Gasteiger partial charge in [-0.3, -0.25) is 0 Å². The van der Waals surface area contributed by atoms with E-state index in [0.717, 1.165) is 25.1 Å². The Morgan fingerprint density at radius 2 is 1.60 bits per heavy atom. The van der Waals surface area contributed by atoms with Crippen molar-refractivity contribution in [3.05, 3.63) is 29.8 Å². The molecule has 0 amide bonds. The van der Waals surface area contributed by atoms with Crippen LogP contribution in [0, 0.1) is 0 Å². The molecule has 0 radical (unpaired) electrons. The molecule has 0 spiro atoms. The molecule has 0 heterocycles. The molecule has 1 rings (SSSR count). The Morgan fingerprint density at radius 1 is 1.07 bits per heavy atom. The van der Waals surface area contributed by atoms with Gasteiger partial charge in [-0.2, -0.15) is 0 Å². The van der Waals surface area contributed by atoms with Crippen molar-refractivity contribution in [2.45, 2.75) is 33.3 Å². The van der Waals surface area contributed by atoms with Crippen LogP contribution < -0.4 is 4.90 Å². The first-order valence-electron chi connectivity index (χ1n) is 5.75. The van der Waals surface area contributed by atoms with Crippen LogP contribution >= 0.6 is 0 Å². The monoisotopic (exact) mass is 207 g/mol. The molecule has 0 aromatic heterocycles. The lowest BCUT2D eigenvalue weighted by molar-refractivity contribution is 0.173. The second-order valence-electron chi connectivity index (χ2n) is 3.69. The highest BCUT2D eigenvalue weighted by Crippen LogP contribution is 2.20. The van der Waals surface area contributed by atoms with Crippen molar-refractivity contribution >= 4 is 5.69 Å². The smallest absolute Gasteiger partial charge is 0.0787 e. The number of nitrogens with zero attached hydrogens (tertiary/aromatic N) is 1. The summed E-state index contributed by atoms with van der Waals surface area (Å²) in [5, 5.41) is 9.66. The lowest BCUT2D eigenvalue weighted by Gasteiger charge is -2.21. The van der Waals surface area contributed by atoms with Gasteiger partial charge < -0.3 is 10.0 Å². The zero-order valence-corrected chi connectivity index (χ0v) is 9.90. The summed E-state index contributed by atoms with van der Waals surface area (Å²) in [6.07, 6.45) is 0.445. The van der Waals surface area contributed by atoms with Crippen molar-refractivity contribution in [2.24, 2.45) is 0 Å². The van der Waals surface area contributed by atoms with Crippen LogP contribution in [0.15, 0.2) is 24.3 Å². The van der Waals surface area contributed by atoms with E-state index in [9.17, 15) is 5.11 Å². The van der Waals surface area contributed by atoms with E-state index in [1.165, 1.54) is 5.69 Å². The lowest BCUT2D eigenvalue weighted by atomic mass is 10.1. The predicted octanol–water partition coefficient (Wildman–Crippen LogP) is 2.98. The summed E-state index contributed by atoms with van der Waals surface area (Å²) in [5.41, 5.74) is 2.24. The first-order valence-corrected chi connectivity index (χ1v) is 5.75. The minimum absolute atomic E-state index is 0.323. The molecule has 0 saturated carbocycles. The van der Waals surface area contributed by atoms with Crippen molar-refractivity contribution in [1.29, 1.82) is 0 Å². The maximum Gasteiger partial charge on any atom is 0.0787 e. The van der Waals surface area contributed by atoms with Crippen LogP contribution in [0.1, 0.15) is 38.9 Å². The summed E-state index contributed by atoms with van der Waals surface area (Å²) in [5.74, 6) is 0. The SMILES string of the molecule is CC[C@H](O)c1ccc(N(CC)CC)cc1. The van der Waals surface area contributed by atoms with Gasteiger partial charge in [0.2, 0.25) is 0 Å². The van der Waals surface area contributed by atoms with Crippen LogP contribution in [-0.4, -0.2) is 18.2 Å². The van der Waals surface area contributed by atoms with E-state index in [1.54, 1.807) is 0 Å². The fourth-order valence-electron chi connectivity index (χ4n) is 1.73. The topological polar surface area (TPSA) is 23.5 Å². The number of hydrogen-bond donors (Lipinski definition) is 1. The summed E-state index contributed by atoms with van der Waals surface area (Å²) in [7, 11) is 0. The van der Waals surface area contributed by atoms with Crippen molar-refractivity contribution < 1.29 is 5.11 Å². The first-order chi connectivity index (χ1) is 7.22. The maximum absolute atomic E-state index is 9.66. The molecular formula is C13H21NO. The normalized spacial score (nSPS) is 12.5. The van der Waals surface area contributed by atoms with E-state index < -0.39 is 0 Å². The quantitative estimate of drug-likeness (QED) is 0.802. The fourth-order valence-corrected chi connectivity index (χ4v) is 1.73. The second kappa shape index (κ2) is 5.76. The summed E-state index contributed by atoms with van der Waals surface area (Å²) >= 11 is 0. The zero-order valence-electron chi connectivity index (χ0n) is 9.90. The van der Waals surface area contributed by atoms with Gasteiger partial charge in [0.1, 0.15) is 0 Å². The summed E-state index contributed by atoms with van der Waals surface area (Å²) in [6.45, 7) is 8.33. The number of aliphatic hydroxyl groups excluding tert-OH is 1. The van der Waals surface area contributed by atoms with Crippen LogP contribution in [0.3, 0.4) is 0 Å². The number of rotatable bonds is 5. The van der Waals surface area contributed by atoms with Crippen molar-refractivity contribution in [3.8, 4) is 0 Å². The third-order valence-electron chi connectivity index (χ3n) is 2.79. The number of benzene rings is 1. The predicted molar refractivity (Wildman–Crippen MR) is 65.3 cm³/mol. The Kier molecular flexibility index (Phi) is 4.63. The van der Waals surface area contributed by atoms with Gasteiger partial charge in [-0.1, -0.05) is 19.1 Å². The fraction of sp³-hybridized carbons (Fsp3) is 0.538. The molecule has 0 aliphatic rings. The van der Waals surface area contributed by atoms with E-state index in [0.29, 0.717) is 0 Å². The molecular weight excluding hydrogens is 186 g/mol. The first kappa shape index (κ1) is 12.1. The molecule has 15 heavy (non-hydrogen) atoms. The largest absolute Gasteiger partial charge is 0.388 e. The molecule has 2 heteroatoms. The molecule has 0 fully saturated rings. The summed E-state index contributed by atoms with van der Waals surface area (Å²) in [6, 6.07) is 8.20. The zero-order chi connectivity index (χ0) is 11.3. The molecule has 1 aromatic carbocycles.